The fraction of sp³-hybridized carbons (Fsp3) is 0.625. The molecule has 1 unspecified atom stereocenters. The van der Waals surface area contributed by atoms with Crippen molar-refractivity contribution in [1.82, 2.24) is 10.2 Å². The molecule has 0 aliphatic carbocycles. The number of ether oxygens (including phenoxy) is 1. The molecule has 0 aromatic heterocycles. The van der Waals surface area contributed by atoms with Gasteiger partial charge >= 0.3 is 0 Å². The predicted octanol–water partition coefficient (Wildman–Crippen LogP) is 3.08. The first kappa shape index (κ1) is 16.0. The number of rotatable bonds is 7. The van der Waals surface area contributed by atoms with E-state index in [4.69, 9.17) is 4.74 Å². The van der Waals surface area contributed by atoms with Crippen LogP contribution in [0.5, 0.6) is 5.75 Å². The monoisotopic (exact) mass is 264 g/mol. The molecule has 0 amide bonds. The SMILES string of the molecule is CCCNC(c1cccc(OC)c1)C(C)(C)N(C)C. The molecule has 3 nitrogen and oxygen atoms in total. The van der Waals surface area contributed by atoms with Crippen molar-refractivity contribution in [2.45, 2.75) is 38.8 Å². The van der Waals surface area contributed by atoms with Gasteiger partial charge < -0.3 is 15.0 Å². The summed E-state index contributed by atoms with van der Waals surface area (Å²) in [5.74, 6) is 0.912. The van der Waals surface area contributed by atoms with Gasteiger partial charge in [-0.25, -0.2) is 0 Å². The van der Waals surface area contributed by atoms with E-state index < -0.39 is 0 Å². The Kier molecular flexibility index (Phi) is 5.83. The Morgan fingerprint density at radius 1 is 1.32 bits per heavy atom. The van der Waals surface area contributed by atoms with Gasteiger partial charge in [0.05, 0.1) is 13.2 Å². The molecule has 0 aliphatic heterocycles. The van der Waals surface area contributed by atoms with Gasteiger partial charge in [-0.2, -0.15) is 0 Å². The molecule has 1 rings (SSSR count). The molecule has 0 saturated heterocycles. The van der Waals surface area contributed by atoms with Crippen molar-refractivity contribution in [3.05, 3.63) is 29.8 Å². The predicted molar refractivity (Wildman–Crippen MR) is 81.8 cm³/mol. The molecule has 0 radical (unpaired) electrons. The number of benzene rings is 1. The second kappa shape index (κ2) is 6.92. The lowest BCUT2D eigenvalue weighted by molar-refractivity contribution is 0.138. The van der Waals surface area contributed by atoms with Crippen LogP contribution in [0.25, 0.3) is 0 Å². The summed E-state index contributed by atoms with van der Waals surface area (Å²) in [6.45, 7) is 7.73. The minimum Gasteiger partial charge on any atom is -0.497 e. The molecule has 108 valence electrons. The molecule has 3 heteroatoms. The summed E-state index contributed by atoms with van der Waals surface area (Å²) < 4.78 is 5.34. The summed E-state index contributed by atoms with van der Waals surface area (Å²) >= 11 is 0. The molecule has 1 atom stereocenters. The lowest BCUT2D eigenvalue weighted by atomic mass is 9.87. The molecule has 0 fully saturated rings. The van der Waals surface area contributed by atoms with Crippen LogP contribution in [0.15, 0.2) is 24.3 Å². The van der Waals surface area contributed by atoms with Crippen molar-refractivity contribution in [1.29, 1.82) is 0 Å². The van der Waals surface area contributed by atoms with Crippen LogP contribution in [-0.4, -0.2) is 38.2 Å². The fourth-order valence-corrected chi connectivity index (χ4v) is 2.14. The van der Waals surface area contributed by atoms with Crippen molar-refractivity contribution in [3.8, 4) is 5.75 Å². The highest BCUT2D eigenvalue weighted by molar-refractivity contribution is 5.32. The number of hydrogen-bond donors (Lipinski definition) is 1. The van der Waals surface area contributed by atoms with E-state index in [0.29, 0.717) is 0 Å². The zero-order chi connectivity index (χ0) is 14.5. The van der Waals surface area contributed by atoms with E-state index in [9.17, 15) is 0 Å². The Bertz CT molecular complexity index is 388. The minimum absolute atomic E-state index is 0.0293. The van der Waals surface area contributed by atoms with Crippen LogP contribution in [0.3, 0.4) is 0 Å². The summed E-state index contributed by atoms with van der Waals surface area (Å²) in [6, 6.07) is 8.61. The first-order chi connectivity index (χ1) is 8.93. The maximum atomic E-state index is 5.34. The summed E-state index contributed by atoms with van der Waals surface area (Å²) in [4.78, 5) is 2.26. The molecule has 0 heterocycles. The quantitative estimate of drug-likeness (QED) is 0.819. The molecular weight excluding hydrogens is 236 g/mol. The number of methoxy groups -OCH3 is 1. The zero-order valence-electron chi connectivity index (χ0n) is 13.2. The second-order valence-corrected chi connectivity index (χ2v) is 5.71. The van der Waals surface area contributed by atoms with E-state index in [1.165, 1.54) is 5.56 Å². The Morgan fingerprint density at radius 3 is 2.53 bits per heavy atom. The summed E-state index contributed by atoms with van der Waals surface area (Å²) in [6.07, 6.45) is 1.13. The molecule has 1 aromatic carbocycles. The lowest BCUT2D eigenvalue weighted by Crippen LogP contribution is -2.49. The summed E-state index contributed by atoms with van der Waals surface area (Å²) in [5, 5.41) is 3.66. The maximum absolute atomic E-state index is 5.34. The van der Waals surface area contributed by atoms with E-state index in [1.807, 2.05) is 6.07 Å². The smallest absolute Gasteiger partial charge is 0.119 e. The number of nitrogens with zero attached hydrogens (tertiary/aromatic N) is 1. The van der Waals surface area contributed by atoms with Gasteiger partial charge in [0.15, 0.2) is 0 Å². The minimum atomic E-state index is 0.0293. The normalized spacial score (nSPS) is 13.6. The summed E-state index contributed by atoms with van der Waals surface area (Å²) in [5.41, 5.74) is 1.30. The first-order valence-corrected chi connectivity index (χ1v) is 6.98. The third kappa shape index (κ3) is 3.95. The molecule has 0 aliphatic rings. The number of hydrogen-bond acceptors (Lipinski definition) is 3. The van der Waals surface area contributed by atoms with Crippen LogP contribution in [0.4, 0.5) is 0 Å². The van der Waals surface area contributed by atoms with E-state index in [0.717, 1.165) is 18.7 Å². The van der Waals surface area contributed by atoms with Gasteiger partial charge in [-0.05, 0) is 58.6 Å². The number of likely N-dealkylation sites (N-methyl/N-ethyl adjacent to an activating group) is 1. The van der Waals surface area contributed by atoms with Gasteiger partial charge in [-0.3, -0.25) is 0 Å². The van der Waals surface area contributed by atoms with Gasteiger partial charge in [0.2, 0.25) is 0 Å². The topological polar surface area (TPSA) is 24.5 Å². The Labute approximate surface area is 118 Å². The van der Waals surface area contributed by atoms with Crippen molar-refractivity contribution in [2.75, 3.05) is 27.7 Å². The van der Waals surface area contributed by atoms with Gasteiger partial charge in [-0.15, -0.1) is 0 Å². The van der Waals surface area contributed by atoms with Gasteiger partial charge in [0, 0.05) is 5.54 Å². The third-order valence-corrected chi connectivity index (χ3v) is 3.88. The first-order valence-electron chi connectivity index (χ1n) is 6.98. The van der Waals surface area contributed by atoms with Crippen LogP contribution in [0.1, 0.15) is 38.8 Å². The van der Waals surface area contributed by atoms with Gasteiger partial charge in [-0.1, -0.05) is 19.1 Å². The Morgan fingerprint density at radius 2 is 2.00 bits per heavy atom. The van der Waals surface area contributed by atoms with Crippen LogP contribution in [-0.2, 0) is 0 Å². The largest absolute Gasteiger partial charge is 0.497 e. The molecule has 1 aromatic rings. The van der Waals surface area contributed by atoms with E-state index >= 15 is 0 Å². The van der Waals surface area contributed by atoms with Crippen LogP contribution < -0.4 is 10.1 Å². The van der Waals surface area contributed by atoms with Crippen molar-refractivity contribution < 1.29 is 4.74 Å². The van der Waals surface area contributed by atoms with Crippen LogP contribution >= 0.6 is 0 Å². The molecule has 0 spiro atoms. The standard InChI is InChI=1S/C16H28N2O/c1-7-11-17-15(16(2,3)18(4)5)13-9-8-10-14(12-13)19-6/h8-10,12,15,17H,7,11H2,1-6H3. The number of nitrogens with one attached hydrogen (secondary N) is 1. The van der Waals surface area contributed by atoms with Crippen LogP contribution in [0, 0.1) is 0 Å². The maximum Gasteiger partial charge on any atom is 0.119 e. The highest BCUT2D eigenvalue weighted by Gasteiger charge is 2.32. The Hall–Kier alpha value is -1.06. The van der Waals surface area contributed by atoms with E-state index in [-0.39, 0.29) is 11.6 Å². The van der Waals surface area contributed by atoms with E-state index in [2.05, 4.69) is 63.3 Å². The highest BCUT2D eigenvalue weighted by atomic mass is 16.5. The molecule has 0 saturated carbocycles. The molecule has 1 N–H and O–H groups in total. The molecular formula is C16H28N2O. The Balaban J connectivity index is 3.08. The van der Waals surface area contributed by atoms with Crippen molar-refractivity contribution >= 4 is 0 Å². The van der Waals surface area contributed by atoms with Gasteiger partial charge in [0.1, 0.15) is 5.75 Å². The highest BCUT2D eigenvalue weighted by Crippen LogP contribution is 2.31. The average Bonchev–Trinajstić information content (AvgIpc) is 2.39. The third-order valence-electron chi connectivity index (χ3n) is 3.88. The zero-order valence-corrected chi connectivity index (χ0v) is 13.2. The van der Waals surface area contributed by atoms with Crippen LogP contribution in [0.2, 0.25) is 0 Å². The summed E-state index contributed by atoms with van der Waals surface area (Å²) in [7, 11) is 5.96. The average molecular weight is 264 g/mol. The second-order valence-electron chi connectivity index (χ2n) is 5.71. The molecule has 19 heavy (non-hydrogen) atoms. The fourth-order valence-electron chi connectivity index (χ4n) is 2.14. The van der Waals surface area contributed by atoms with Crippen molar-refractivity contribution in [2.24, 2.45) is 0 Å². The van der Waals surface area contributed by atoms with E-state index in [1.54, 1.807) is 7.11 Å². The van der Waals surface area contributed by atoms with Gasteiger partial charge in [0.25, 0.3) is 0 Å². The lowest BCUT2D eigenvalue weighted by Gasteiger charge is -2.41. The van der Waals surface area contributed by atoms with Crippen molar-refractivity contribution in [3.63, 3.8) is 0 Å². The molecule has 0 bridgehead atoms.